The van der Waals surface area contributed by atoms with Gasteiger partial charge in [0.25, 0.3) is 0 Å². The van der Waals surface area contributed by atoms with Gasteiger partial charge in [-0.05, 0) is 24.2 Å². The van der Waals surface area contributed by atoms with E-state index < -0.39 is 0 Å². The Bertz CT molecular complexity index is 402. The molecule has 1 aromatic rings. The fraction of sp³-hybridized carbons (Fsp3) is 0.857. The highest BCUT2D eigenvalue weighted by atomic mass is 15.3. The Hall–Kier alpha value is -0.900. The Morgan fingerprint density at radius 2 is 2.11 bits per heavy atom. The zero-order chi connectivity index (χ0) is 13.3. The number of aromatic nitrogens is 3. The number of rotatable bonds is 3. The Morgan fingerprint density at radius 1 is 1.39 bits per heavy atom. The predicted molar refractivity (Wildman–Crippen MR) is 73.3 cm³/mol. The minimum absolute atomic E-state index is 0.178. The fourth-order valence-corrected chi connectivity index (χ4v) is 2.79. The van der Waals surface area contributed by atoms with Crippen LogP contribution in [-0.4, -0.2) is 20.8 Å². The molecule has 4 nitrogen and oxygen atoms in total. The molecule has 0 radical (unpaired) electrons. The molecular weight excluding hydrogens is 224 g/mol. The zero-order valence-corrected chi connectivity index (χ0v) is 12.1. The second-order valence-corrected chi connectivity index (χ2v) is 7.01. The maximum Gasteiger partial charge on any atom is 0.134 e. The first-order chi connectivity index (χ1) is 8.35. The van der Waals surface area contributed by atoms with Crippen LogP contribution in [0.5, 0.6) is 0 Å². The largest absolute Gasteiger partial charge is 0.327 e. The SMILES string of the molecule is CC1CCn2c(nnc2CC(N)CC(C)(C)C)C1. The second-order valence-electron chi connectivity index (χ2n) is 7.01. The van der Waals surface area contributed by atoms with Crippen molar-refractivity contribution < 1.29 is 0 Å². The van der Waals surface area contributed by atoms with E-state index in [0.29, 0.717) is 0 Å². The average Bonchev–Trinajstić information content (AvgIpc) is 2.57. The lowest BCUT2D eigenvalue weighted by molar-refractivity contribution is 0.332. The van der Waals surface area contributed by atoms with Crippen LogP contribution in [0, 0.1) is 11.3 Å². The van der Waals surface area contributed by atoms with E-state index >= 15 is 0 Å². The summed E-state index contributed by atoms with van der Waals surface area (Å²) in [5, 5.41) is 8.65. The minimum Gasteiger partial charge on any atom is -0.327 e. The molecule has 0 aromatic carbocycles. The summed E-state index contributed by atoms with van der Waals surface area (Å²) in [5.41, 5.74) is 6.51. The molecule has 4 heteroatoms. The van der Waals surface area contributed by atoms with Crippen LogP contribution >= 0.6 is 0 Å². The summed E-state index contributed by atoms with van der Waals surface area (Å²) < 4.78 is 2.28. The van der Waals surface area contributed by atoms with Gasteiger partial charge in [-0.15, -0.1) is 10.2 Å². The molecule has 2 atom stereocenters. The van der Waals surface area contributed by atoms with Gasteiger partial charge in [-0.3, -0.25) is 0 Å². The van der Waals surface area contributed by atoms with E-state index in [1.165, 1.54) is 6.42 Å². The van der Waals surface area contributed by atoms with Crippen LogP contribution in [0.15, 0.2) is 0 Å². The van der Waals surface area contributed by atoms with Crippen molar-refractivity contribution in [3.05, 3.63) is 11.6 Å². The summed E-state index contributed by atoms with van der Waals surface area (Å²) in [6, 6.07) is 0.178. The summed E-state index contributed by atoms with van der Waals surface area (Å²) in [4.78, 5) is 0. The Kier molecular flexibility index (Phi) is 3.76. The number of nitrogens with two attached hydrogens (primary N) is 1. The van der Waals surface area contributed by atoms with Crippen molar-refractivity contribution in [1.82, 2.24) is 14.8 Å². The van der Waals surface area contributed by atoms with Gasteiger partial charge in [-0.2, -0.15) is 0 Å². The van der Waals surface area contributed by atoms with Gasteiger partial charge in [0, 0.05) is 25.4 Å². The van der Waals surface area contributed by atoms with E-state index in [1.807, 2.05) is 0 Å². The van der Waals surface area contributed by atoms with Gasteiger partial charge in [0.2, 0.25) is 0 Å². The van der Waals surface area contributed by atoms with Crippen LogP contribution < -0.4 is 5.73 Å². The maximum atomic E-state index is 6.23. The molecule has 1 aliphatic heterocycles. The van der Waals surface area contributed by atoms with E-state index in [9.17, 15) is 0 Å². The van der Waals surface area contributed by atoms with Crippen molar-refractivity contribution in [1.29, 1.82) is 0 Å². The van der Waals surface area contributed by atoms with Crippen molar-refractivity contribution in [2.75, 3.05) is 0 Å². The molecule has 0 saturated carbocycles. The highest BCUT2D eigenvalue weighted by Gasteiger charge is 2.22. The minimum atomic E-state index is 0.178. The molecule has 0 amide bonds. The topological polar surface area (TPSA) is 56.7 Å². The molecule has 2 unspecified atom stereocenters. The quantitative estimate of drug-likeness (QED) is 0.894. The highest BCUT2D eigenvalue weighted by Crippen LogP contribution is 2.23. The number of nitrogens with zero attached hydrogens (tertiary/aromatic N) is 3. The standard InChI is InChI=1S/C14H26N4/c1-10-5-6-18-12(7-10)16-17-13(18)8-11(15)9-14(2,3)4/h10-11H,5-9,15H2,1-4H3. The molecular formula is C14H26N4. The number of hydrogen-bond acceptors (Lipinski definition) is 3. The lowest BCUT2D eigenvalue weighted by atomic mass is 9.87. The van der Waals surface area contributed by atoms with Crippen LogP contribution in [0.25, 0.3) is 0 Å². The molecule has 2 heterocycles. The third-order valence-electron chi connectivity index (χ3n) is 3.60. The molecule has 0 fully saturated rings. The first-order valence-electron chi connectivity index (χ1n) is 7.01. The van der Waals surface area contributed by atoms with E-state index in [4.69, 9.17) is 5.73 Å². The third-order valence-corrected chi connectivity index (χ3v) is 3.60. The molecule has 102 valence electrons. The normalized spacial score (nSPS) is 21.7. The van der Waals surface area contributed by atoms with Crippen molar-refractivity contribution in [3.63, 3.8) is 0 Å². The van der Waals surface area contributed by atoms with Gasteiger partial charge in [-0.1, -0.05) is 27.7 Å². The van der Waals surface area contributed by atoms with Gasteiger partial charge < -0.3 is 10.3 Å². The van der Waals surface area contributed by atoms with E-state index in [0.717, 1.165) is 43.4 Å². The van der Waals surface area contributed by atoms with Gasteiger partial charge in [-0.25, -0.2) is 0 Å². The summed E-state index contributed by atoms with van der Waals surface area (Å²) in [6.07, 6.45) is 4.15. The monoisotopic (exact) mass is 250 g/mol. The number of hydrogen-bond donors (Lipinski definition) is 1. The van der Waals surface area contributed by atoms with E-state index in [2.05, 4.69) is 42.5 Å². The Balaban J connectivity index is 2.02. The van der Waals surface area contributed by atoms with Gasteiger partial charge in [0.05, 0.1) is 0 Å². The van der Waals surface area contributed by atoms with Crippen molar-refractivity contribution in [3.8, 4) is 0 Å². The fourth-order valence-electron chi connectivity index (χ4n) is 2.79. The van der Waals surface area contributed by atoms with Crippen LogP contribution in [0.1, 0.15) is 52.2 Å². The summed E-state index contributed by atoms with van der Waals surface area (Å²) >= 11 is 0. The van der Waals surface area contributed by atoms with Gasteiger partial charge in [0.15, 0.2) is 0 Å². The molecule has 1 aromatic heterocycles. The second kappa shape index (κ2) is 5.00. The van der Waals surface area contributed by atoms with Crippen molar-refractivity contribution in [2.45, 2.75) is 66.0 Å². The van der Waals surface area contributed by atoms with Gasteiger partial charge >= 0.3 is 0 Å². The Morgan fingerprint density at radius 3 is 2.78 bits per heavy atom. The average molecular weight is 250 g/mol. The van der Waals surface area contributed by atoms with Crippen LogP contribution in [0.3, 0.4) is 0 Å². The molecule has 0 saturated heterocycles. The summed E-state index contributed by atoms with van der Waals surface area (Å²) in [6.45, 7) is 10.0. The van der Waals surface area contributed by atoms with E-state index in [-0.39, 0.29) is 11.5 Å². The lowest BCUT2D eigenvalue weighted by Crippen LogP contribution is -2.30. The molecule has 1 aliphatic rings. The summed E-state index contributed by atoms with van der Waals surface area (Å²) in [7, 11) is 0. The first-order valence-corrected chi connectivity index (χ1v) is 7.01. The van der Waals surface area contributed by atoms with Crippen molar-refractivity contribution in [2.24, 2.45) is 17.1 Å². The van der Waals surface area contributed by atoms with Crippen LogP contribution in [0.4, 0.5) is 0 Å². The zero-order valence-electron chi connectivity index (χ0n) is 12.1. The number of fused-ring (bicyclic) bond motifs is 1. The molecule has 0 aliphatic carbocycles. The van der Waals surface area contributed by atoms with Crippen LogP contribution in [-0.2, 0) is 19.4 Å². The molecule has 18 heavy (non-hydrogen) atoms. The smallest absolute Gasteiger partial charge is 0.134 e. The summed E-state index contributed by atoms with van der Waals surface area (Å²) in [5.74, 6) is 2.96. The third kappa shape index (κ3) is 3.31. The van der Waals surface area contributed by atoms with Crippen LogP contribution in [0.2, 0.25) is 0 Å². The molecule has 2 N–H and O–H groups in total. The lowest BCUT2D eigenvalue weighted by Gasteiger charge is -2.24. The van der Waals surface area contributed by atoms with Crippen molar-refractivity contribution >= 4 is 0 Å². The molecule has 0 spiro atoms. The Labute approximate surface area is 110 Å². The predicted octanol–water partition coefficient (Wildman–Crippen LogP) is 2.17. The molecule has 2 rings (SSSR count). The van der Waals surface area contributed by atoms with E-state index in [1.54, 1.807) is 0 Å². The molecule has 0 bridgehead atoms. The van der Waals surface area contributed by atoms with Gasteiger partial charge in [0.1, 0.15) is 11.6 Å². The maximum absolute atomic E-state index is 6.23. The first kappa shape index (κ1) is 13.5. The highest BCUT2D eigenvalue weighted by molar-refractivity contribution is 5.01.